The predicted octanol–water partition coefficient (Wildman–Crippen LogP) is 3.73. The molecule has 0 heterocycles. The van der Waals surface area contributed by atoms with Crippen LogP contribution in [0.3, 0.4) is 0 Å². The number of rotatable bonds is 2. The van der Waals surface area contributed by atoms with Crippen molar-refractivity contribution < 1.29 is 0 Å². The van der Waals surface area contributed by atoms with Gasteiger partial charge in [0.2, 0.25) is 0 Å². The molecular formula is C15H27N. The molecule has 0 radical (unpaired) electrons. The molecule has 3 aliphatic rings. The molecule has 1 heteroatoms. The minimum absolute atomic E-state index is 0.577. The van der Waals surface area contributed by atoms with E-state index in [-0.39, 0.29) is 0 Å². The molecule has 16 heavy (non-hydrogen) atoms. The second-order valence-corrected chi connectivity index (χ2v) is 7.00. The Morgan fingerprint density at radius 2 is 1.50 bits per heavy atom. The molecule has 3 atom stereocenters. The van der Waals surface area contributed by atoms with E-state index in [0.717, 1.165) is 23.9 Å². The lowest BCUT2D eigenvalue weighted by Crippen LogP contribution is -2.66. The van der Waals surface area contributed by atoms with E-state index in [4.69, 9.17) is 0 Å². The maximum absolute atomic E-state index is 4.00. The van der Waals surface area contributed by atoms with Gasteiger partial charge in [0.05, 0.1) is 0 Å². The van der Waals surface area contributed by atoms with Crippen molar-refractivity contribution in [2.75, 3.05) is 0 Å². The monoisotopic (exact) mass is 221 g/mol. The molecule has 3 rings (SSSR count). The van der Waals surface area contributed by atoms with Gasteiger partial charge in [-0.3, -0.25) is 0 Å². The van der Waals surface area contributed by atoms with Gasteiger partial charge in [-0.1, -0.05) is 39.5 Å². The minimum atomic E-state index is 0.577. The van der Waals surface area contributed by atoms with Crippen LogP contribution in [0.1, 0.15) is 65.2 Å². The van der Waals surface area contributed by atoms with E-state index in [1.165, 1.54) is 51.4 Å². The summed E-state index contributed by atoms with van der Waals surface area (Å²) in [6, 6.07) is 1.69. The highest BCUT2D eigenvalue weighted by molar-refractivity contribution is 5.09. The zero-order chi connectivity index (χ0) is 11.2. The molecular weight excluding hydrogens is 194 g/mol. The highest BCUT2D eigenvalue weighted by atomic mass is 15.0. The van der Waals surface area contributed by atoms with E-state index in [9.17, 15) is 0 Å². The first-order chi connectivity index (χ1) is 7.69. The average molecular weight is 221 g/mol. The molecule has 1 nitrogen and oxygen atoms in total. The van der Waals surface area contributed by atoms with Crippen molar-refractivity contribution in [1.82, 2.24) is 5.32 Å². The Hall–Kier alpha value is -0.0400. The van der Waals surface area contributed by atoms with Gasteiger partial charge in [-0.05, 0) is 42.9 Å². The molecule has 0 aliphatic heterocycles. The summed E-state index contributed by atoms with van der Waals surface area (Å²) in [5, 5.41) is 4.00. The van der Waals surface area contributed by atoms with E-state index in [1.54, 1.807) is 0 Å². The number of hydrogen-bond donors (Lipinski definition) is 1. The number of hydrogen-bond acceptors (Lipinski definition) is 1. The van der Waals surface area contributed by atoms with Gasteiger partial charge in [0.15, 0.2) is 0 Å². The molecule has 3 aliphatic carbocycles. The molecule has 0 aromatic heterocycles. The van der Waals surface area contributed by atoms with Crippen molar-refractivity contribution in [2.24, 2.45) is 17.3 Å². The van der Waals surface area contributed by atoms with Crippen LogP contribution in [0.25, 0.3) is 0 Å². The molecule has 92 valence electrons. The fourth-order valence-electron chi connectivity index (χ4n) is 4.83. The van der Waals surface area contributed by atoms with Crippen LogP contribution in [0.4, 0.5) is 0 Å². The van der Waals surface area contributed by atoms with E-state index in [1.807, 2.05) is 0 Å². The molecule has 1 unspecified atom stereocenters. The minimum Gasteiger partial charge on any atom is -0.310 e. The number of fused-ring (bicyclic) bond motifs is 1. The van der Waals surface area contributed by atoms with E-state index >= 15 is 0 Å². The Morgan fingerprint density at radius 3 is 2.25 bits per heavy atom. The van der Waals surface area contributed by atoms with Gasteiger partial charge in [0.25, 0.3) is 0 Å². The fraction of sp³-hybridized carbons (Fsp3) is 1.00. The maximum atomic E-state index is 4.00. The van der Waals surface area contributed by atoms with Crippen LogP contribution in [0.5, 0.6) is 0 Å². The van der Waals surface area contributed by atoms with Crippen molar-refractivity contribution in [3.8, 4) is 0 Å². The Labute approximate surface area is 100 Å². The van der Waals surface area contributed by atoms with E-state index in [2.05, 4.69) is 19.2 Å². The summed E-state index contributed by atoms with van der Waals surface area (Å²) in [7, 11) is 0. The van der Waals surface area contributed by atoms with Crippen LogP contribution < -0.4 is 5.32 Å². The highest BCUT2D eigenvalue weighted by Crippen LogP contribution is 2.57. The van der Waals surface area contributed by atoms with Crippen LogP contribution in [0, 0.1) is 17.3 Å². The first kappa shape index (κ1) is 11.1. The highest BCUT2D eigenvalue weighted by Gasteiger charge is 2.56. The summed E-state index contributed by atoms with van der Waals surface area (Å²) < 4.78 is 0. The maximum Gasteiger partial charge on any atom is 0.0155 e. The third kappa shape index (κ3) is 1.63. The molecule has 0 bridgehead atoms. The molecule has 3 fully saturated rings. The summed E-state index contributed by atoms with van der Waals surface area (Å²) in [5.41, 5.74) is 0.577. The second kappa shape index (κ2) is 4.01. The SMILES string of the molecule is CC1(C)C(NC2CCCC2)[C@@H]2CCCC[C@@H]21. The standard InChI is InChI=1S/C15H27N/c1-15(2)13-10-6-5-9-12(13)14(15)16-11-7-3-4-8-11/h11-14,16H,3-10H2,1-2H3/t12-,13+,14?/m1/s1. The van der Waals surface area contributed by atoms with Gasteiger partial charge < -0.3 is 5.32 Å². The lowest BCUT2D eigenvalue weighted by molar-refractivity contribution is -0.0915. The van der Waals surface area contributed by atoms with E-state index < -0.39 is 0 Å². The Kier molecular flexibility index (Phi) is 2.78. The lowest BCUT2D eigenvalue weighted by Gasteiger charge is -2.62. The molecule has 0 aromatic carbocycles. The van der Waals surface area contributed by atoms with Gasteiger partial charge in [0.1, 0.15) is 0 Å². The quantitative estimate of drug-likeness (QED) is 0.749. The molecule has 0 saturated heterocycles. The summed E-state index contributed by atoms with van der Waals surface area (Å²) in [4.78, 5) is 0. The predicted molar refractivity (Wildman–Crippen MR) is 68.4 cm³/mol. The summed E-state index contributed by atoms with van der Waals surface area (Å²) in [6.45, 7) is 5.01. The van der Waals surface area contributed by atoms with Gasteiger partial charge >= 0.3 is 0 Å². The molecule has 1 N–H and O–H groups in total. The van der Waals surface area contributed by atoms with Crippen molar-refractivity contribution in [1.29, 1.82) is 0 Å². The van der Waals surface area contributed by atoms with Crippen molar-refractivity contribution in [2.45, 2.75) is 77.3 Å². The lowest BCUT2D eigenvalue weighted by atomic mass is 9.47. The molecule has 0 amide bonds. The zero-order valence-corrected chi connectivity index (χ0v) is 11.0. The first-order valence-electron chi connectivity index (χ1n) is 7.45. The van der Waals surface area contributed by atoms with Gasteiger partial charge in [0, 0.05) is 12.1 Å². The van der Waals surface area contributed by atoms with Crippen molar-refractivity contribution in [3.05, 3.63) is 0 Å². The largest absolute Gasteiger partial charge is 0.310 e. The van der Waals surface area contributed by atoms with Crippen LogP contribution in [0.15, 0.2) is 0 Å². The average Bonchev–Trinajstić information content (AvgIpc) is 2.79. The van der Waals surface area contributed by atoms with Crippen LogP contribution in [-0.4, -0.2) is 12.1 Å². The summed E-state index contributed by atoms with van der Waals surface area (Å²) >= 11 is 0. The Balaban J connectivity index is 1.64. The smallest absolute Gasteiger partial charge is 0.0155 e. The topological polar surface area (TPSA) is 12.0 Å². The van der Waals surface area contributed by atoms with Gasteiger partial charge in [-0.15, -0.1) is 0 Å². The van der Waals surface area contributed by atoms with Gasteiger partial charge in [-0.2, -0.15) is 0 Å². The zero-order valence-electron chi connectivity index (χ0n) is 11.0. The van der Waals surface area contributed by atoms with Crippen LogP contribution in [0.2, 0.25) is 0 Å². The second-order valence-electron chi connectivity index (χ2n) is 7.00. The van der Waals surface area contributed by atoms with Crippen LogP contribution in [-0.2, 0) is 0 Å². The van der Waals surface area contributed by atoms with Crippen molar-refractivity contribution >= 4 is 0 Å². The Morgan fingerprint density at radius 1 is 0.875 bits per heavy atom. The first-order valence-corrected chi connectivity index (χ1v) is 7.45. The summed E-state index contributed by atoms with van der Waals surface area (Å²) in [5.74, 6) is 2.05. The summed E-state index contributed by atoms with van der Waals surface area (Å²) in [6.07, 6.45) is 11.8. The molecule has 0 spiro atoms. The third-order valence-electron chi connectivity index (χ3n) is 5.78. The van der Waals surface area contributed by atoms with E-state index in [0.29, 0.717) is 5.41 Å². The fourth-order valence-corrected chi connectivity index (χ4v) is 4.83. The normalized spacial score (nSPS) is 42.8. The van der Waals surface area contributed by atoms with Crippen molar-refractivity contribution in [3.63, 3.8) is 0 Å². The van der Waals surface area contributed by atoms with Gasteiger partial charge in [-0.25, -0.2) is 0 Å². The number of nitrogens with one attached hydrogen (secondary N) is 1. The van der Waals surface area contributed by atoms with Crippen LogP contribution >= 0.6 is 0 Å². The third-order valence-corrected chi connectivity index (χ3v) is 5.78. The Bertz CT molecular complexity index is 252. The molecule has 3 saturated carbocycles. The molecule has 0 aromatic rings.